The summed E-state index contributed by atoms with van der Waals surface area (Å²) in [4.78, 5) is 16.7. The normalized spacial score (nSPS) is 10.3. The Morgan fingerprint density at radius 2 is 1.88 bits per heavy atom. The second-order valence-electron chi connectivity index (χ2n) is 6.19. The number of amides is 1. The molecule has 2 aromatic carbocycles. The summed E-state index contributed by atoms with van der Waals surface area (Å²) in [5.41, 5.74) is 4.17. The lowest BCUT2D eigenvalue weighted by molar-refractivity contribution is 0.0955. The molecule has 0 atom stereocenters. The summed E-state index contributed by atoms with van der Waals surface area (Å²) < 4.78 is 0. The van der Waals surface area contributed by atoms with Crippen LogP contribution in [0.2, 0.25) is 0 Å². The standard InChI is InChI=1S/C21H20N4O/c1-14-6-8-16(9-7-14)21(26)24-11-10-23-20-18(13-22)12-17-5-3-4-15(2)19(17)25-20/h3-9,12H,10-11H2,1-2H3,(H,23,25)(H,24,26). The molecule has 5 heteroatoms. The van der Waals surface area contributed by atoms with Crippen LogP contribution in [-0.2, 0) is 0 Å². The van der Waals surface area contributed by atoms with Crippen molar-refractivity contribution in [1.29, 1.82) is 5.26 Å². The van der Waals surface area contributed by atoms with Crippen molar-refractivity contribution in [3.63, 3.8) is 0 Å². The number of anilines is 1. The molecule has 1 aromatic heterocycles. The SMILES string of the molecule is Cc1ccc(C(=O)NCCNc2nc3c(C)cccc3cc2C#N)cc1. The monoisotopic (exact) mass is 344 g/mol. The zero-order chi connectivity index (χ0) is 18.5. The van der Waals surface area contributed by atoms with Gasteiger partial charge >= 0.3 is 0 Å². The molecule has 2 N–H and O–H groups in total. The van der Waals surface area contributed by atoms with Gasteiger partial charge in [-0.25, -0.2) is 4.98 Å². The van der Waals surface area contributed by atoms with E-state index in [2.05, 4.69) is 21.7 Å². The summed E-state index contributed by atoms with van der Waals surface area (Å²) in [6.07, 6.45) is 0. The van der Waals surface area contributed by atoms with Crippen LogP contribution in [0.5, 0.6) is 0 Å². The summed E-state index contributed by atoms with van der Waals surface area (Å²) in [5.74, 6) is 0.425. The van der Waals surface area contributed by atoms with Gasteiger partial charge in [0.15, 0.2) is 0 Å². The van der Waals surface area contributed by atoms with Gasteiger partial charge in [-0.3, -0.25) is 4.79 Å². The third-order valence-electron chi connectivity index (χ3n) is 4.18. The third-order valence-corrected chi connectivity index (χ3v) is 4.18. The van der Waals surface area contributed by atoms with E-state index < -0.39 is 0 Å². The molecule has 1 heterocycles. The Morgan fingerprint density at radius 3 is 2.62 bits per heavy atom. The lowest BCUT2D eigenvalue weighted by atomic mass is 10.1. The van der Waals surface area contributed by atoms with Gasteiger partial charge in [0.1, 0.15) is 11.9 Å². The Labute approximate surface area is 152 Å². The fourth-order valence-corrected chi connectivity index (χ4v) is 2.73. The van der Waals surface area contributed by atoms with Crippen molar-refractivity contribution in [3.05, 3.63) is 70.8 Å². The van der Waals surface area contributed by atoms with Crippen molar-refractivity contribution in [2.24, 2.45) is 0 Å². The number of aromatic nitrogens is 1. The summed E-state index contributed by atoms with van der Waals surface area (Å²) in [5, 5.41) is 16.3. The van der Waals surface area contributed by atoms with Crippen molar-refractivity contribution in [1.82, 2.24) is 10.3 Å². The first kappa shape index (κ1) is 17.4. The largest absolute Gasteiger partial charge is 0.367 e. The van der Waals surface area contributed by atoms with Gasteiger partial charge in [0.2, 0.25) is 0 Å². The van der Waals surface area contributed by atoms with E-state index >= 15 is 0 Å². The molecule has 0 unspecified atom stereocenters. The highest BCUT2D eigenvalue weighted by Gasteiger charge is 2.08. The molecule has 5 nitrogen and oxygen atoms in total. The van der Waals surface area contributed by atoms with E-state index in [9.17, 15) is 10.1 Å². The predicted molar refractivity (Wildman–Crippen MR) is 103 cm³/mol. The highest BCUT2D eigenvalue weighted by molar-refractivity contribution is 5.94. The molecule has 130 valence electrons. The van der Waals surface area contributed by atoms with Crippen molar-refractivity contribution >= 4 is 22.6 Å². The van der Waals surface area contributed by atoms with Crippen molar-refractivity contribution in [2.75, 3.05) is 18.4 Å². The molecule has 0 fully saturated rings. The molecule has 0 bridgehead atoms. The molecular weight excluding hydrogens is 324 g/mol. The number of hydrogen-bond donors (Lipinski definition) is 2. The average molecular weight is 344 g/mol. The van der Waals surface area contributed by atoms with Gasteiger partial charge in [0, 0.05) is 24.0 Å². The van der Waals surface area contributed by atoms with E-state index in [1.54, 1.807) is 12.1 Å². The van der Waals surface area contributed by atoms with E-state index in [4.69, 9.17) is 0 Å². The predicted octanol–water partition coefficient (Wildman–Crippen LogP) is 3.57. The quantitative estimate of drug-likeness (QED) is 0.694. The van der Waals surface area contributed by atoms with Gasteiger partial charge < -0.3 is 10.6 Å². The van der Waals surface area contributed by atoms with E-state index in [0.29, 0.717) is 30.0 Å². The van der Waals surface area contributed by atoms with Gasteiger partial charge in [0.05, 0.1) is 11.1 Å². The summed E-state index contributed by atoms with van der Waals surface area (Å²) in [6.45, 7) is 4.89. The van der Waals surface area contributed by atoms with E-state index in [-0.39, 0.29) is 5.91 Å². The number of fused-ring (bicyclic) bond motifs is 1. The van der Waals surface area contributed by atoms with Crippen LogP contribution in [0.4, 0.5) is 5.82 Å². The number of hydrogen-bond acceptors (Lipinski definition) is 4. The number of benzene rings is 2. The summed E-state index contributed by atoms with van der Waals surface area (Å²) >= 11 is 0. The number of nitriles is 1. The molecule has 3 aromatic rings. The summed E-state index contributed by atoms with van der Waals surface area (Å²) in [7, 11) is 0. The maximum absolute atomic E-state index is 12.1. The van der Waals surface area contributed by atoms with Crippen LogP contribution < -0.4 is 10.6 Å². The molecule has 26 heavy (non-hydrogen) atoms. The number of carbonyl (C=O) groups is 1. The van der Waals surface area contributed by atoms with Crippen LogP contribution in [0.1, 0.15) is 27.0 Å². The molecule has 0 aliphatic heterocycles. The Hall–Kier alpha value is -3.39. The first-order chi connectivity index (χ1) is 12.6. The van der Waals surface area contributed by atoms with Gasteiger partial charge in [0.25, 0.3) is 5.91 Å². The highest BCUT2D eigenvalue weighted by atomic mass is 16.1. The van der Waals surface area contributed by atoms with Crippen molar-refractivity contribution in [2.45, 2.75) is 13.8 Å². The minimum Gasteiger partial charge on any atom is -0.367 e. The second-order valence-corrected chi connectivity index (χ2v) is 6.19. The van der Waals surface area contributed by atoms with Crippen molar-refractivity contribution in [3.8, 4) is 6.07 Å². The third kappa shape index (κ3) is 3.81. The van der Waals surface area contributed by atoms with E-state index in [1.807, 2.05) is 50.2 Å². The van der Waals surface area contributed by atoms with E-state index in [0.717, 1.165) is 22.0 Å². The number of nitrogens with zero attached hydrogens (tertiary/aromatic N) is 2. The minimum absolute atomic E-state index is 0.116. The zero-order valence-corrected chi connectivity index (χ0v) is 14.8. The molecule has 0 saturated heterocycles. The Kier molecular flexibility index (Phi) is 5.14. The lowest BCUT2D eigenvalue weighted by Gasteiger charge is -2.11. The molecule has 0 radical (unpaired) electrons. The van der Waals surface area contributed by atoms with Gasteiger partial charge in [-0.05, 0) is 37.6 Å². The molecule has 3 rings (SSSR count). The van der Waals surface area contributed by atoms with Crippen LogP contribution in [0.3, 0.4) is 0 Å². The number of aryl methyl sites for hydroxylation is 2. The van der Waals surface area contributed by atoms with Gasteiger partial charge in [-0.1, -0.05) is 35.9 Å². The molecule has 0 aliphatic rings. The first-order valence-corrected chi connectivity index (χ1v) is 8.47. The fourth-order valence-electron chi connectivity index (χ4n) is 2.73. The number of para-hydroxylation sites is 1. The topological polar surface area (TPSA) is 77.8 Å². The molecule has 0 spiro atoms. The number of nitrogens with one attached hydrogen (secondary N) is 2. The maximum atomic E-state index is 12.1. The van der Waals surface area contributed by atoms with Crippen LogP contribution >= 0.6 is 0 Å². The van der Waals surface area contributed by atoms with Gasteiger partial charge in [-0.2, -0.15) is 5.26 Å². The molecule has 0 saturated carbocycles. The van der Waals surface area contributed by atoms with Gasteiger partial charge in [-0.15, -0.1) is 0 Å². The van der Waals surface area contributed by atoms with Crippen LogP contribution in [-0.4, -0.2) is 24.0 Å². The van der Waals surface area contributed by atoms with Crippen LogP contribution in [0.25, 0.3) is 10.9 Å². The van der Waals surface area contributed by atoms with E-state index in [1.165, 1.54) is 0 Å². The molecule has 1 amide bonds. The smallest absolute Gasteiger partial charge is 0.251 e. The minimum atomic E-state index is -0.116. The first-order valence-electron chi connectivity index (χ1n) is 8.47. The number of pyridine rings is 1. The molecule has 0 aliphatic carbocycles. The Bertz CT molecular complexity index is 987. The highest BCUT2D eigenvalue weighted by Crippen LogP contribution is 2.22. The molecular formula is C21H20N4O. The van der Waals surface area contributed by atoms with Crippen LogP contribution in [0, 0.1) is 25.2 Å². The van der Waals surface area contributed by atoms with Crippen molar-refractivity contribution < 1.29 is 4.79 Å². The second kappa shape index (κ2) is 7.66. The van der Waals surface area contributed by atoms with Crippen LogP contribution in [0.15, 0.2) is 48.5 Å². The number of carbonyl (C=O) groups excluding carboxylic acids is 1. The average Bonchev–Trinajstić information content (AvgIpc) is 2.65. The number of rotatable bonds is 5. The Balaban J connectivity index is 1.64. The maximum Gasteiger partial charge on any atom is 0.251 e. The fraction of sp³-hybridized carbons (Fsp3) is 0.190. The lowest BCUT2D eigenvalue weighted by Crippen LogP contribution is -2.29. The Morgan fingerprint density at radius 1 is 1.12 bits per heavy atom. The zero-order valence-electron chi connectivity index (χ0n) is 14.8. The summed E-state index contributed by atoms with van der Waals surface area (Å²) in [6, 6.07) is 17.3.